The quantitative estimate of drug-likeness (QED) is 0.726. The lowest BCUT2D eigenvalue weighted by Crippen LogP contribution is -2.48. The van der Waals surface area contributed by atoms with Crippen molar-refractivity contribution in [1.29, 1.82) is 0 Å². The largest absolute Gasteiger partial charge is 0.355 e. The Labute approximate surface area is 174 Å². The zero-order chi connectivity index (χ0) is 19.3. The summed E-state index contributed by atoms with van der Waals surface area (Å²) in [6.45, 7) is 5.65. The Kier molecular flexibility index (Phi) is 8.30. The minimum atomic E-state index is -3.41. The van der Waals surface area contributed by atoms with E-state index in [2.05, 4.69) is 17.6 Å². The van der Waals surface area contributed by atoms with Gasteiger partial charge in [0.1, 0.15) is 0 Å². The van der Waals surface area contributed by atoms with Gasteiger partial charge in [0, 0.05) is 19.6 Å². The Morgan fingerprint density at radius 1 is 1.25 bits per heavy atom. The summed E-state index contributed by atoms with van der Waals surface area (Å²) in [7, 11) is -3.41. The number of carbonyl (C=O) groups excluding carboxylic acids is 1. The minimum Gasteiger partial charge on any atom is -0.355 e. The van der Waals surface area contributed by atoms with Crippen LogP contribution in [0.4, 0.5) is 0 Å². The molecule has 1 aromatic rings. The number of benzene rings is 1. The van der Waals surface area contributed by atoms with Crippen LogP contribution in [0.2, 0.25) is 0 Å². The van der Waals surface area contributed by atoms with E-state index in [0.717, 1.165) is 44.3 Å². The Bertz CT molecular complexity index is 736. The Morgan fingerprint density at radius 3 is 2.61 bits per heavy atom. The molecule has 2 saturated heterocycles. The van der Waals surface area contributed by atoms with Crippen LogP contribution in [0, 0.1) is 11.3 Å². The maximum absolute atomic E-state index is 12.8. The molecule has 8 heteroatoms. The molecule has 28 heavy (non-hydrogen) atoms. The van der Waals surface area contributed by atoms with Crippen LogP contribution in [0.1, 0.15) is 38.2 Å². The SMILES string of the molecule is CC1(CNC(=O)C2CCCN(S(=O)(=O)Cc3ccccc3)C2)CCNCC1.Cl. The summed E-state index contributed by atoms with van der Waals surface area (Å²) in [5.74, 6) is -0.267. The molecule has 2 aliphatic rings. The molecule has 0 bridgehead atoms. The molecule has 0 aliphatic carbocycles. The first-order valence-corrected chi connectivity index (χ1v) is 11.5. The number of hydrogen-bond acceptors (Lipinski definition) is 4. The van der Waals surface area contributed by atoms with Crippen molar-refractivity contribution in [3.63, 3.8) is 0 Å². The number of sulfonamides is 1. The van der Waals surface area contributed by atoms with E-state index in [0.29, 0.717) is 19.6 Å². The third-order valence-corrected chi connectivity index (χ3v) is 7.66. The predicted molar refractivity (Wildman–Crippen MR) is 114 cm³/mol. The highest BCUT2D eigenvalue weighted by atomic mass is 35.5. The average Bonchev–Trinajstić information content (AvgIpc) is 2.67. The average molecular weight is 430 g/mol. The Hall–Kier alpha value is -1.15. The molecule has 158 valence electrons. The van der Waals surface area contributed by atoms with Gasteiger partial charge < -0.3 is 10.6 Å². The second-order valence-electron chi connectivity index (χ2n) is 8.22. The first-order valence-electron chi connectivity index (χ1n) is 9.88. The summed E-state index contributed by atoms with van der Waals surface area (Å²) in [5, 5.41) is 6.44. The van der Waals surface area contributed by atoms with Gasteiger partial charge >= 0.3 is 0 Å². The number of piperidine rings is 2. The van der Waals surface area contributed by atoms with Crippen molar-refractivity contribution in [2.75, 3.05) is 32.7 Å². The molecular formula is C20H32ClN3O3S. The molecule has 2 aliphatic heterocycles. The standard InChI is InChI=1S/C20H31N3O3S.ClH/c1-20(9-11-21-12-10-20)16-22-19(24)18-8-5-13-23(14-18)27(25,26)15-17-6-3-2-4-7-17;/h2-4,6-7,18,21H,5,8-16H2,1H3,(H,22,24);1H. The van der Waals surface area contributed by atoms with Crippen LogP contribution < -0.4 is 10.6 Å². The van der Waals surface area contributed by atoms with E-state index in [4.69, 9.17) is 0 Å². The fourth-order valence-electron chi connectivity index (χ4n) is 3.94. The smallest absolute Gasteiger partial charge is 0.224 e. The third-order valence-electron chi connectivity index (χ3n) is 5.84. The van der Waals surface area contributed by atoms with Gasteiger partial charge in [-0.05, 0) is 49.8 Å². The summed E-state index contributed by atoms with van der Waals surface area (Å²) < 4.78 is 27.0. The monoisotopic (exact) mass is 429 g/mol. The van der Waals surface area contributed by atoms with Crippen molar-refractivity contribution in [1.82, 2.24) is 14.9 Å². The summed E-state index contributed by atoms with van der Waals surface area (Å²) in [4.78, 5) is 12.7. The van der Waals surface area contributed by atoms with Crippen molar-refractivity contribution in [2.45, 2.75) is 38.4 Å². The molecule has 2 heterocycles. The number of rotatable bonds is 6. The summed E-state index contributed by atoms with van der Waals surface area (Å²) in [6.07, 6.45) is 3.58. The first-order chi connectivity index (χ1) is 12.9. The van der Waals surface area contributed by atoms with Crippen molar-refractivity contribution in [3.8, 4) is 0 Å². The molecule has 1 unspecified atom stereocenters. The lowest BCUT2D eigenvalue weighted by Gasteiger charge is -2.35. The van der Waals surface area contributed by atoms with Gasteiger partial charge in [0.25, 0.3) is 0 Å². The van der Waals surface area contributed by atoms with Crippen molar-refractivity contribution in [3.05, 3.63) is 35.9 Å². The van der Waals surface area contributed by atoms with E-state index in [9.17, 15) is 13.2 Å². The van der Waals surface area contributed by atoms with Gasteiger partial charge in [-0.1, -0.05) is 37.3 Å². The molecule has 2 fully saturated rings. The molecule has 0 saturated carbocycles. The van der Waals surface area contributed by atoms with E-state index < -0.39 is 10.0 Å². The molecule has 3 rings (SSSR count). The maximum atomic E-state index is 12.8. The molecule has 2 N–H and O–H groups in total. The molecule has 0 aromatic heterocycles. The first kappa shape index (κ1) is 23.1. The summed E-state index contributed by atoms with van der Waals surface area (Å²) >= 11 is 0. The molecular weight excluding hydrogens is 398 g/mol. The fraction of sp³-hybridized carbons (Fsp3) is 0.650. The van der Waals surface area contributed by atoms with Gasteiger partial charge in [0.15, 0.2) is 0 Å². The molecule has 1 aromatic carbocycles. The number of nitrogens with zero attached hydrogens (tertiary/aromatic N) is 1. The molecule has 6 nitrogen and oxygen atoms in total. The Balaban J connectivity index is 0.00000280. The number of carbonyl (C=O) groups is 1. The fourth-order valence-corrected chi connectivity index (χ4v) is 5.55. The van der Waals surface area contributed by atoms with Crippen molar-refractivity contribution < 1.29 is 13.2 Å². The van der Waals surface area contributed by atoms with E-state index in [1.807, 2.05) is 30.3 Å². The maximum Gasteiger partial charge on any atom is 0.224 e. The van der Waals surface area contributed by atoms with Crippen LogP contribution in [-0.4, -0.2) is 51.4 Å². The highest BCUT2D eigenvalue weighted by molar-refractivity contribution is 7.88. The second-order valence-corrected chi connectivity index (χ2v) is 10.2. The van der Waals surface area contributed by atoms with E-state index in [1.165, 1.54) is 4.31 Å². The van der Waals surface area contributed by atoms with Gasteiger partial charge in [0.2, 0.25) is 15.9 Å². The summed E-state index contributed by atoms with van der Waals surface area (Å²) in [6, 6.07) is 9.22. The predicted octanol–water partition coefficient (Wildman–Crippen LogP) is 2.16. The number of halogens is 1. The molecule has 1 atom stereocenters. The summed E-state index contributed by atoms with van der Waals surface area (Å²) in [5.41, 5.74) is 0.914. The van der Waals surface area contributed by atoms with Crippen LogP contribution in [-0.2, 0) is 20.6 Å². The van der Waals surface area contributed by atoms with Crippen LogP contribution >= 0.6 is 12.4 Å². The molecule has 1 amide bonds. The van der Waals surface area contributed by atoms with E-state index in [-0.39, 0.29) is 35.4 Å². The van der Waals surface area contributed by atoms with Gasteiger partial charge in [-0.25, -0.2) is 12.7 Å². The topological polar surface area (TPSA) is 78.5 Å². The van der Waals surface area contributed by atoms with Gasteiger partial charge in [-0.15, -0.1) is 12.4 Å². The van der Waals surface area contributed by atoms with Gasteiger partial charge in [-0.3, -0.25) is 4.79 Å². The van der Waals surface area contributed by atoms with Crippen LogP contribution in [0.25, 0.3) is 0 Å². The molecule has 0 radical (unpaired) electrons. The zero-order valence-corrected chi connectivity index (χ0v) is 18.2. The van der Waals surface area contributed by atoms with Crippen LogP contribution in [0.15, 0.2) is 30.3 Å². The zero-order valence-electron chi connectivity index (χ0n) is 16.5. The Morgan fingerprint density at radius 2 is 1.93 bits per heavy atom. The second kappa shape index (κ2) is 10.1. The van der Waals surface area contributed by atoms with Crippen LogP contribution in [0.5, 0.6) is 0 Å². The highest BCUT2D eigenvalue weighted by Crippen LogP contribution is 2.27. The lowest BCUT2D eigenvalue weighted by molar-refractivity contribution is -0.126. The van der Waals surface area contributed by atoms with E-state index in [1.54, 1.807) is 0 Å². The number of hydrogen-bond donors (Lipinski definition) is 2. The van der Waals surface area contributed by atoms with Gasteiger partial charge in [0.05, 0.1) is 11.7 Å². The number of nitrogens with one attached hydrogen (secondary N) is 2. The highest BCUT2D eigenvalue weighted by Gasteiger charge is 2.33. The third kappa shape index (κ3) is 6.17. The van der Waals surface area contributed by atoms with Crippen molar-refractivity contribution in [2.24, 2.45) is 11.3 Å². The van der Waals surface area contributed by atoms with E-state index >= 15 is 0 Å². The normalized spacial score (nSPS) is 22.8. The van der Waals surface area contributed by atoms with Gasteiger partial charge in [-0.2, -0.15) is 0 Å². The van der Waals surface area contributed by atoms with Crippen LogP contribution in [0.3, 0.4) is 0 Å². The van der Waals surface area contributed by atoms with Crippen molar-refractivity contribution >= 4 is 28.3 Å². The lowest BCUT2D eigenvalue weighted by atomic mass is 9.81. The number of amides is 1. The molecule has 0 spiro atoms. The minimum absolute atomic E-state index is 0.